The number of fused-ring (bicyclic) bond motifs is 1. The number of pyridine rings is 1. The number of carbonyl (C=O) groups is 1. The molecule has 0 spiro atoms. The van der Waals surface area contributed by atoms with Gasteiger partial charge in [-0.15, -0.1) is 0 Å². The van der Waals surface area contributed by atoms with Crippen molar-refractivity contribution in [3.63, 3.8) is 0 Å². The molecule has 0 saturated carbocycles. The largest absolute Gasteiger partial charge is 0.368 e. The highest BCUT2D eigenvalue weighted by atomic mass is 19.1. The second-order valence-corrected chi connectivity index (χ2v) is 8.26. The van der Waals surface area contributed by atoms with Gasteiger partial charge in [0.2, 0.25) is 5.91 Å². The van der Waals surface area contributed by atoms with Crippen molar-refractivity contribution in [3.8, 4) is 0 Å². The smallest absolute Gasteiger partial charge is 0.278 e. The summed E-state index contributed by atoms with van der Waals surface area (Å²) in [4.78, 5) is 32.2. The van der Waals surface area contributed by atoms with Crippen LogP contribution in [0, 0.1) is 15.9 Å². The number of aromatic nitrogens is 1. The lowest BCUT2D eigenvalue weighted by molar-refractivity contribution is -0.383. The number of halogens is 1. The fourth-order valence-corrected chi connectivity index (χ4v) is 4.28. The van der Waals surface area contributed by atoms with E-state index in [1.165, 1.54) is 24.4 Å². The number of hydrogen-bond acceptors (Lipinski definition) is 6. The van der Waals surface area contributed by atoms with E-state index >= 15 is 0 Å². The number of benzene rings is 2. The van der Waals surface area contributed by atoms with Crippen molar-refractivity contribution in [2.24, 2.45) is 0 Å². The number of nitrogens with one attached hydrogen (secondary N) is 1. The summed E-state index contributed by atoms with van der Waals surface area (Å²) in [6, 6.07) is 10.7. The molecule has 2 atom stereocenters. The van der Waals surface area contributed by atoms with Crippen LogP contribution in [-0.4, -0.2) is 52.9 Å². The highest BCUT2D eigenvalue weighted by Gasteiger charge is 2.28. The zero-order valence-corrected chi connectivity index (χ0v) is 18.6. The lowest BCUT2D eigenvalue weighted by atomic mass is 10.1. The number of nitro benzene ring substituents is 1. The zero-order valence-electron chi connectivity index (χ0n) is 18.6. The van der Waals surface area contributed by atoms with Crippen LogP contribution in [0.4, 0.5) is 15.8 Å². The van der Waals surface area contributed by atoms with Gasteiger partial charge in [-0.25, -0.2) is 4.39 Å². The van der Waals surface area contributed by atoms with Gasteiger partial charge in [-0.3, -0.25) is 24.8 Å². The number of hydrogen-bond donors (Lipinski definition) is 1. The third-order valence-electron chi connectivity index (χ3n) is 6.28. The fraction of sp³-hybridized carbons (Fsp3) is 0.333. The number of nitro groups is 1. The van der Waals surface area contributed by atoms with Crippen LogP contribution >= 0.6 is 0 Å². The van der Waals surface area contributed by atoms with E-state index in [2.05, 4.69) is 20.1 Å². The molecule has 8 nitrogen and oxygen atoms in total. The van der Waals surface area contributed by atoms with Crippen LogP contribution in [0.5, 0.6) is 0 Å². The molecule has 172 valence electrons. The van der Waals surface area contributed by atoms with Crippen LogP contribution in [0.1, 0.15) is 25.5 Å². The molecule has 1 amide bonds. The first-order chi connectivity index (χ1) is 15.8. The van der Waals surface area contributed by atoms with E-state index in [1.807, 2.05) is 13.8 Å². The van der Waals surface area contributed by atoms with Crippen molar-refractivity contribution in [1.29, 1.82) is 0 Å². The molecule has 2 aromatic carbocycles. The van der Waals surface area contributed by atoms with Gasteiger partial charge in [-0.2, -0.15) is 0 Å². The summed E-state index contributed by atoms with van der Waals surface area (Å²) >= 11 is 0. The van der Waals surface area contributed by atoms with E-state index < -0.39 is 0 Å². The average molecular weight is 452 g/mol. The van der Waals surface area contributed by atoms with E-state index in [0.29, 0.717) is 31.6 Å². The quantitative estimate of drug-likeness (QED) is 0.454. The molecule has 0 unspecified atom stereocenters. The Labute approximate surface area is 191 Å². The summed E-state index contributed by atoms with van der Waals surface area (Å²) in [5.74, 6) is -0.382. The summed E-state index contributed by atoms with van der Waals surface area (Å²) < 4.78 is 13.1. The van der Waals surface area contributed by atoms with Gasteiger partial charge in [0.25, 0.3) is 5.69 Å². The van der Waals surface area contributed by atoms with Crippen molar-refractivity contribution in [2.45, 2.75) is 25.9 Å². The Balaban J connectivity index is 1.40. The van der Waals surface area contributed by atoms with Crippen LogP contribution < -0.4 is 10.2 Å². The Bertz CT molecular complexity index is 1160. The van der Waals surface area contributed by atoms with E-state index in [0.717, 1.165) is 16.6 Å². The molecule has 1 aliphatic heterocycles. The minimum Gasteiger partial charge on any atom is -0.368 e. The maximum absolute atomic E-state index is 13.1. The molecular weight excluding hydrogens is 425 g/mol. The lowest BCUT2D eigenvalue weighted by Crippen LogP contribution is -2.54. The first kappa shape index (κ1) is 22.6. The predicted octanol–water partition coefficient (Wildman–Crippen LogP) is 3.67. The SMILES string of the molecule is C[C@H](NC(=O)[C@H](C)N1CCN(c2ccc([N+](=O)[O-])c3cnccc23)CC1)c1ccc(F)cc1. The number of non-ortho nitro benzene ring substituents is 1. The molecule has 3 aromatic rings. The second-order valence-electron chi connectivity index (χ2n) is 8.26. The molecule has 1 aliphatic rings. The van der Waals surface area contributed by atoms with E-state index in [4.69, 9.17) is 0 Å². The third-order valence-corrected chi connectivity index (χ3v) is 6.28. The molecule has 1 fully saturated rings. The summed E-state index contributed by atoms with van der Waals surface area (Å²) in [6.45, 7) is 6.52. The topological polar surface area (TPSA) is 91.6 Å². The minimum absolute atomic E-state index is 0.0426. The van der Waals surface area contributed by atoms with Crippen LogP contribution in [-0.2, 0) is 4.79 Å². The molecule has 1 saturated heterocycles. The Morgan fingerprint density at radius 2 is 1.76 bits per heavy atom. The monoisotopic (exact) mass is 451 g/mol. The van der Waals surface area contributed by atoms with Gasteiger partial charge in [0.1, 0.15) is 5.82 Å². The Morgan fingerprint density at radius 3 is 2.42 bits per heavy atom. The third kappa shape index (κ3) is 4.78. The molecule has 1 aromatic heterocycles. The van der Waals surface area contributed by atoms with Gasteiger partial charge in [-0.05, 0) is 43.7 Å². The fourth-order valence-electron chi connectivity index (χ4n) is 4.28. The maximum Gasteiger partial charge on any atom is 0.278 e. The summed E-state index contributed by atoms with van der Waals surface area (Å²) in [7, 11) is 0. The highest BCUT2D eigenvalue weighted by molar-refractivity contribution is 5.99. The van der Waals surface area contributed by atoms with Crippen LogP contribution in [0.2, 0.25) is 0 Å². The Hall–Kier alpha value is -3.59. The molecule has 0 aliphatic carbocycles. The van der Waals surface area contributed by atoms with E-state index in [-0.39, 0.29) is 34.4 Å². The summed E-state index contributed by atoms with van der Waals surface area (Å²) in [5.41, 5.74) is 1.82. The normalized spacial score (nSPS) is 16.4. The Morgan fingerprint density at radius 1 is 1.06 bits per heavy atom. The van der Waals surface area contributed by atoms with E-state index in [1.54, 1.807) is 30.5 Å². The number of amides is 1. The van der Waals surface area contributed by atoms with Gasteiger partial charge in [0.15, 0.2) is 0 Å². The highest BCUT2D eigenvalue weighted by Crippen LogP contribution is 2.33. The molecule has 0 radical (unpaired) electrons. The van der Waals surface area contributed by atoms with Crippen molar-refractivity contribution < 1.29 is 14.1 Å². The number of nitrogens with zero attached hydrogens (tertiary/aromatic N) is 4. The number of piperazine rings is 1. The summed E-state index contributed by atoms with van der Waals surface area (Å²) in [6.07, 6.45) is 3.17. The zero-order chi connectivity index (χ0) is 23.5. The number of rotatable bonds is 6. The maximum atomic E-state index is 13.1. The van der Waals surface area contributed by atoms with E-state index in [9.17, 15) is 19.3 Å². The van der Waals surface area contributed by atoms with Gasteiger partial charge in [0.05, 0.1) is 22.4 Å². The van der Waals surface area contributed by atoms with Crippen LogP contribution in [0.15, 0.2) is 54.9 Å². The first-order valence-electron chi connectivity index (χ1n) is 10.9. The molecule has 0 bridgehead atoms. The van der Waals surface area contributed by atoms with Crippen molar-refractivity contribution >= 4 is 28.1 Å². The number of carbonyl (C=O) groups excluding carboxylic acids is 1. The van der Waals surface area contributed by atoms with Crippen LogP contribution in [0.3, 0.4) is 0 Å². The molecule has 1 N–H and O–H groups in total. The molecule has 4 rings (SSSR count). The van der Waals surface area contributed by atoms with Gasteiger partial charge < -0.3 is 10.2 Å². The predicted molar refractivity (Wildman–Crippen MR) is 125 cm³/mol. The molecular formula is C24H26FN5O3. The first-order valence-corrected chi connectivity index (χ1v) is 10.9. The molecule has 2 heterocycles. The van der Waals surface area contributed by atoms with Crippen molar-refractivity contribution in [2.75, 3.05) is 31.1 Å². The van der Waals surface area contributed by atoms with Gasteiger partial charge in [0, 0.05) is 55.7 Å². The van der Waals surface area contributed by atoms with Crippen molar-refractivity contribution in [1.82, 2.24) is 15.2 Å². The average Bonchev–Trinajstić information content (AvgIpc) is 2.83. The molecule has 9 heteroatoms. The minimum atomic E-state index is -0.390. The molecule has 33 heavy (non-hydrogen) atoms. The lowest BCUT2D eigenvalue weighted by Gasteiger charge is -2.39. The number of anilines is 1. The second kappa shape index (κ2) is 9.50. The standard InChI is InChI=1S/C24H26FN5O3/c1-16(18-3-5-19(25)6-4-18)27-24(31)17(2)28-11-13-29(14-12-28)22-7-8-23(30(32)33)21-15-26-10-9-20(21)22/h3-10,15-17H,11-14H2,1-2H3,(H,27,31)/t16-,17-/m0/s1. The van der Waals surface area contributed by atoms with Gasteiger partial charge >= 0.3 is 0 Å². The Kier molecular flexibility index (Phi) is 6.50. The summed E-state index contributed by atoms with van der Waals surface area (Å²) in [5, 5.41) is 15.7. The van der Waals surface area contributed by atoms with Gasteiger partial charge in [-0.1, -0.05) is 12.1 Å². The van der Waals surface area contributed by atoms with Crippen LogP contribution in [0.25, 0.3) is 10.8 Å². The van der Waals surface area contributed by atoms with Crippen molar-refractivity contribution in [3.05, 3.63) is 76.4 Å².